The van der Waals surface area contributed by atoms with Crippen molar-refractivity contribution in [2.24, 2.45) is 0 Å². The molecule has 2 aromatic heterocycles. The summed E-state index contributed by atoms with van der Waals surface area (Å²) in [5, 5.41) is 21.1. The van der Waals surface area contributed by atoms with Crippen LogP contribution in [0.15, 0.2) is 65.6 Å². The fourth-order valence-electron chi connectivity index (χ4n) is 4.44. The van der Waals surface area contributed by atoms with Crippen molar-refractivity contribution >= 4 is 22.8 Å². The van der Waals surface area contributed by atoms with Gasteiger partial charge in [0.25, 0.3) is 5.56 Å². The van der Waals surface area contributed by atoms with Crippen molar-refractivity contribution in [3.63, 3.8) is 0 Å². The number of methoxy groups -OCH3 is 1. The molecule has 0 spiro atoms. The summed E-state index contributed by atoms with van der Waals surface area (Å²) in [4.78, 5) is 40.3. The SMILES string of the molecule is COC(=O)C[C@@H](c1ccc(C(=O)O)cc1)c1c(O)cc(C)n(CCc2c[nH]c3ccccc23)c1=O. The number of nitrogens with zero attached hydrogens (tertiary/aromatic N) is 1. The maximum Gasteiger partial charge on any atom is 0.335 e. The van der Waals surface area contributed by atoms with Crippen molar-refractivity contribution in [1.29, 1.82) is 0 Å². The number of aryl methyl sites for hydroxylation is 2. The standard InChI is InChI=1S/C27H26N2O6/c1-16-13-23(30)25(21(14-24(31)35-2)17-7-9-18(10-8-17)27(33)34)26(32)29(16)12-11-19-15-28-22-6-4-3-5-20(19)22/h3-10,13,15,21,28,30H,11-12,14H2,1-2H3,(H,33,34)/t21-/m0/s1. The van der Waals surface area contributed by atoms with Crippen molar-refractivity contribution in [1.82, 2.24) is 9.55 Å². The summed E-state index contributed by atoms with van der Waals surface area (Å²) in [7, 11) is 1.25. The summed E-state index contributed by atoms with van der Waals surface area (Å²) >= 11 is 0. The van der Waals surface area contributed by atoms with E-state index in [1.165, 1.54) is 25.3 Å². The van der Waals surface area contributed by atoms with Crippen molar-refractivity contribution in [3.05, 3.63) is 99.1 Å². The second-order valence-corrected chi connectivity index (χ2v) is 8.41. The average molecular weight is 475 g/mol. The van der Waals surface area contributed by atoms with E-state index < -0.39 is 23.4 Å². The van der Waals surface area contributed by atoms with Gasteiger partial charge in [-0.05, 0) is 48.7 Å². The number of aromatic carboxylic acids is 1. The Morgan fingerprint density at radius 3 is 2.51 bits per heavy atom. The number of aromatic amines is 1. The summed E-state index contributed by atoms with van der Waals surface area (Å²) in [5.41, 5.74) is 2.95. The number of carboxylic acid groups (broad SMARTS) is 1. The van der Waals surface area contributed by atoms with Crippen LogP contribution in [0.5, 0.6) is 5.75 Å². The second kappa shape index (κ2) is 9.89. The molecule has 4 aromatic rings. The molecule has 0 saturated heterocycles. The quantitative estimate of drug-likeness (QED) is 0.332. The molecule has 8 nitrogen and oxygen atoms in total. The van der Waals surface area contributed by atoms with Gasteiger partial charge in [0, 0.05) is 35.3 Å². The van der Waals surface area contributed by atoms with Crippen LogP contribution >= 0.6 is 0 Å². The number of para-hydroxylation sites is 1. The van der Waals surface area contributed by atoms with E-state index in [9.17, 15) is 24.6 Å². The van der Waals surface area contributed by atoms with Crippen molar-refractivity contribution in [2.75, 3.05) is 7.11 Å². The largest absolute Gasteiger partial charge is 0.507 e. The summed E-state index contributed by atoms with van der Waals surface area (Å²) in [6, 6.07) is 15.3. The van der Waals surface area contributed by atoms with Gasteiger partial charge in [-0.3, -0.25) is 9.59 Å². The summed E-state index contributed by atoms with van der Waals surface area (Å²) in [6.07, 6.45) is 2.33. The van der Waals surface area contributed by atoms with Gasteiger partial charge < -0.3 is 24.5 Å². The van der Waals surface area contributed by atoms with Gasteiger partial charge in [0.2, 0.25) is 0 Å². The summed E-state index contributed by atoms with van der Waals surface area (Å²) in [6.45, 7) is 2.12. The zero-order valence-electron chi connectivity index (χ0n) is 19.4. The molecule has 8 heteroatoms. The predicted octanol–water partition coefficient (Wildman–Crippen LogP) is 3.98. The fraction of sp³-hybridized carbons (Fsp3) is 0.222. The maximum atomic E-state index is 13.6. The van der Waals surface area contributed by atoms with Crippen LogP contribution in [0.3, 0.4) is 0 Å². The molecule has 1 atom stereocenters. The molecule has 0 saturated carbocycles. The van der Waals surface area contributed by atoms with Gasteiger partial charge in [-0.1, -0.05) is 30.3 Å². The predicted molar refractivity (Wildman–Crippen MR) is 131 cm³/mol. The van der Waals surface area contributed by atoms with Crippen LogP contribution in [0.25, 0.3) is 10.9 Å². The Morgan fingerprint density at radius 1 is 1.11 bits per heavy atom. The van der Waals surface area contributed by atoms with E-state index in [4.69, 9.17) is 4.74 Å². The van der Waals surface area contributed by atoms with E-state index in [1.807, 2.05) is 30.5 Å². The first-order chi connectivity index (χ1) is 16.8. The van der Waals surface area contributed by atoms with Gasteiger partial charge in [-0.15, -0.1) is 0 Å². The van der Waals surface area contributed by atoms with E-state index in [2.05, 4.69) is 4.98 Å². The number of aromatic nitrogens is 2. The zero-order valence-corrected chi connectivity index (χ0v) is 19.4. The molecule has 0 radical (unpaired) electrons. The smallest absolute Gasteiger partial charge is 0.335 e. The highest BCUT2D eigenvalue weighted by molar-refractivity contribution is 5.87. The molecular weight excluding hydrogens is 448 g/mol. The number of fused-ring (bicyclic) bond motifs is 1. The number of nitrogens with one attached hydrogen (secondary N) is 1. The molecule has 0 unspecified atom stereocenters. The minimum absolute atomic E-state index is 0.0722. The molecular formula is C27H26N2O6. The first-order valence-corrected chi connectivity index (χ1v) is 11.2. The molecule has 0 aliphatic carbocycles. The lowest BCUT2D eigenvalue weighted by Crippen LogP contribution is -2.29. The number of carboxylic acids is 1. The Hall–Kier alpha value is -4.33. The molecule has 35 heavy (non-hydrogen) atoms. The number of carbonyl (C=O) groups excluding carboxylic acids is 1. The van der Waals surface area contributed by atoms with Gasteiger partial charge in [-0.25, -0.2) is 4.79 Å². The van der Waals surface area contributed by atoms with E-state index in [0.29, 0.717) is 24.2 Å². The van der Waals surface area contributed by atoms with Crippen LogP contribution in [-0.4, -0.2) is 38.8 Å². The Bertz CT molecular complexity index is 1450. The van der Waals surface area contributed by atoms with E-state index in [-0.39, 0.29) is 23.3 Å². The van der Waals surface area contributed by atoms with E-state index in [1.54, 1.807) is 23.6 Å². The number of rotatable bonds is 8. The number of benzene rings is 2. The monoisotopic (exact) mass is 474 g/mol. The lowest BCUT2D eigenvalue weighted by molar-refractivity contribution is -0.140. The third kappa shape index (κ3) is 4.82. The van der Waals surface area contributed by atoms with Crippen LogP contribution in [0.4, 0.5) is 0 Å². The van der Waals surface area contributed by atoms with Gasteiger partial charge in [0.15, 0.2) is 0 Å². The fourth-order valence-corrected chi connectivity index (χ4v) is 4.44. The number of H-pyrrole nitrogens is 1. The highest BCUT2D eigenvalue weighted by Gasteiger charge is 2.27. The lowest BCUT2D eigenvalue weighted by Gasteiger charge is -2.20. The Morgan fingerprint density at radius 2 is 1.83 bits per heavy atom. The topological polar surface area (TPSA) is 122 Å². The highest BCUT2D eigenvalue weighted by Crippen LogP contribution is 2.33. The molecule has 0 amide bonds. The van der Waals surface area contributed by atoms with E-state index >= 15 is 0 Å². The van der Waals surface area contributed by atoms with Gasteiger partial charge in [-0.2, -0.15) is 0 Å². The molecule has 180 valence electrons. The third-order valence-electron chi connectivity index (χ3n) is 6.31. The zero-order chi connectivity index (χ0) is 25.1. The molecule has 2 heterocycles. The van der Waals surface area contributed by atoms with Crippen LogP contribution < -0.4 is 5.56 Å². The normalized spacial score (nSPS) is 11.9. The van der Waals surface area contributed by atoms with Crippen LogP contribution in [0.1, 0.15) is 45.1 Å². The Kier molecular flexibility index (Phi) is 6.73. The van der Waals surface area contributed by atoms with Crippen molar-refractivity contribution < 1.29 is 24.5 Å². The van der Waals surface area contributed by atoms with Crippen LogP contribution in [0.2, 0.25) is 0 Å². The first kappa shape index (κ1) is 23.8. The minimum atomic E-state index is -1.08. The van der Waals surface area contributed by atoms with E-state index in [0.717, 1.165) is 16.5 Å². The second-order valence-electron chi connectivity index (χ2n) is 8.41. The Balaban J connectivity index is 1.74. The summed E-state index contributed by atoms with van der Waals surface area (Å²) in [5.74, 6) is -2.66. The number of carbonyl (C=O) groups is 2. The molecule has 0 bridgehead atoms. The third-order valence-corrected chi connectivity index (χ3v) is 6.31. The minimum Gasteiger partial charge on any atom is -0.507 e. The van der Waals surface area contributed by atoms with Gasteiger partial charge in [0.1, 0.15) is 5.75 Å². The molecule has 2 aromatic carbocycles. The molecule has 3 N–H and O–H groups in total. The van der Waals surface area contributed by atoms with Crippen LogP contribution in [-0.2, 0) is 22.5 Å². The molecule has 4 rings (SSSR count). The number of esters is 1. The maximum absolute atomic E-state index is 13.6. The number of hydrogen-bond acceptors (Lipinski definition) is 5. The first-order valence-electron chi connectivity index (χ1n) is 11.2. The molecule has 0 aliphatic heterocycles. The summed E-state index contributed by atoms with van der Waals surface area (Å²) < 4.78 is 6.42. The number of ether oxygens (including phenoxy) is 1. The number of pyridine rings is 1. The lowest BCUT2D eigenvalue weighted by atomic mass is 9.88. The average Bonchev–Trinajstić information content (AvgIpc) is 3.26. The highest BCUT2D eigenvalue weighted by atomic mass is 16.5. The Labute approximate surface area is 201 Å². The van der Waals surface area contributed by atoms with Crippen molar-refractivity contribution in [2.45, 2.75) is 32.2 Å². The molecule has 0 aliphatic rings. The van der Waals surface area contributed by atoms with Gasteiger partial charge >= 0.3 is 11.9 Å². The van der Waals surface area contributed by atoms with Gasteiger partial charge in [0.05, 0.1) is 24.7 Å². The van der Waals surface area contributed by atoms with Crippen molar-refractivity contribution in [3.8, 4) is 5.75 Å². The number of hydrogen-bond donors (Lipinski definition) is 3. The van der Waals surface area contributed by atoms with Crippen LogP contribution in [0, 0.1) is 6.92 Å². The molecule has 0 fully saturated rings. The number of aromatic hydroxyl groups is 1.